The molecule has 154 valence electrons. The average Bonchev–Trinajstić information content (AvgIpc) is 3.26. The van der Waals surface area contributed by atoms with Crippen molar-refractivity contribution in [3.05, 3.63) is 86.0 Å². The average molecular weight is 462 g/mol. The van der Waals surface area contributed by atoms with Gasteiger partial charge in [-0.25, -0.2) is 0 Å². The van der Waals surface area contributed by atoms with Gasteiger partial charge in [-0.3, -0.25) is 14.4 Å². The van der Waals surface area contributed by atoms with E-state index in [1.807, 2.05) is 5.38 Å². The van der Waals surface area contributed by atoms with Crippen molar-refractivity contribution in [2.45, 2.75) is 0 Å². The summed E-state index contributed by atoms with van der Waals surface area (Å²) in [5, 5.41) is 10.7. The van der Waals surface area contributed by atoms with E-state index < -0.39 is 0 Å². The van der Waals surface area contributed by atoms with Gasteiger partial charge in [-0.05, 0) is 53.9 Å². The first-order valence-electron chi connectivity index (χ1n) is 8.90. The molecule has 9 heteroatoms. The highest BCUT2D eigenvalue weighted by molar-refractivity contribution is 7.12. The lowest BCUT2D eigenvalue weighted by atomic mass is 10.1. The van der Waals surface area contributed by atoms with Crippen LogP contribution in [-0.4, -0.2) is 30.8 Å². The van der Waals surface area contributed by atoms with Crippen molar-refractivity contribution in [3.63, 3.8) is 0 Å². The molecule has 0 atom stereocenters. The lowest BCUT2D eigenvalue weighted by Gasteiger charge is -2.09. The van der Waals surface area contributed by atoms with Crippen LogP contribution >= 0.6 is 34.5 Å². The van der Waals surface area contributed by atoms with Crippen molar-refractivity contribution < 1.29 is 14.4 Å². The number of hydrogen-bond donors (Lipinski definition) is 3. The van der Waals surface area contributed by atoms with Crippen LogP contribution in [0.1, 0.15) is 30.4 Å². The number of nitrogens with one attached hydrogen (secondary N) is 3. The maximum atomic E-state index is 12.3. The minimum absolute atomic E-state index is 0.167. The molecule has 1 aromatic heterocycles. The van der Waals surface area contributed by atoms with Gasteiger partial charge in [0.15, 0.2) is 0 Å². The van der Waals surface area contributed by atoms with Crippen LogP contribution in [0.4, 0.5) is 5.69 Å². The number of hydrogen-bond acceptors (Lipinski definition) is 4. The highest BCUT2D eigenvalue weighted by Crippen LogP contribution is 2.22. The van der Waals surface area contributed by atoms with Crippen LogP contribution in [0.5, 0.6) is 0 Å². The van der Waals surface area contributed by atoms with Crippen molar-refractivity contribution >= 4 is 57.9 Å². The molecule has 0 spiro atoms. The van der Waals surface area contributed by atoms with Gasteiger partial charge >= 0.3 is 0 Å². The Balaban J connectivity index is 1.48. The van der Waals surface area contributed by atoms with Crippen molar-refractivity contribution in [2.75, 3.05) is 18.4 Å². The summed E-state index contributed by atoms with van der Waals surface area (Å²) < 4.78 is 0. The van der Waals surface area contributed by atoms with E-state index in [9.17, 15) is 14.4 Å². The smallest absolute Gasteiger partial charge is 0.261 e. The summed E-state index contributed by atoms with van der Waals surface area (Å²) in [4.78, 5) is 37.0. The summed E-state index contributed by atoms with van der Waals surface area (Å²) in [5.74, 6) is -0.825. The Morgan fingerprint density at radius 1 is 0.833 bits per heavy atom. The minimum atomic E-state index is -0.379. The molecule has 0 aliphatic rings. The molecule has 3 rings (SSSR count). The molecule has 0 aliphatic heterocycles. The second kappa shape index (κ2) is 10.2. The number of carbonyl (C=O) groups is 3. The molecule has 0 unspecified atom stereocenters. The van der Waals surface area contributed by atoms with Crippen LogP contribution in [0.2, 0.25) is 10.0 Å². The van der Waals surface area contributed by atoms with E-state index in [1.54, 1.807) is 48.5 Å². The number of amides is 3. The van der Waals surface area contributed by atoms with Crippen molar-refractivity contribution in [3.8, 4) is 0 Å². The maximum absolute atomic E-state index is 12.3. The molecule has 3 amide bonds. The molecule has 3 aromatic rings. The van der Waals surface area contributed by atoms with Crippen molar-refractivity contribution in [1.29, 1.82) is 0 Å². The van der Waals surface area contributed by atoms with E-state index in [0.29, 0.717) is 39.8 Å². The van der Waals surface area contributed by atoms with Gasteiger partial charge in [0, 0.05) is 29.4 Å². The molecule has 1 heterocycles. The Hall–Kier alpha value is -2.87. The Morgan fingerprint density at radius 3 is 2.17 bits per heavy atom. The number of rotatable bonds is 7. The molecule has 0 bridgehead atoms. The zero-order valence-corrected chi connectivity index (χ0v) is 17.9. The maximum Gasteiger partial charge on any atom is 0.261 e. The largest absolute Gasteiger partial charge is 0.350 e. The van der Waals surface area contributed by atoms with Gasteiger partial charge in [0.05, 0.1) is 15.5 Å². The molecule has 6 nitrogen and oxygen atoms in total. The normalized spacial score (nSPS) is 10.3. The molecule has 0 aliphatic carbocycles. The van der Waals surface area contributed by atoms with Crippen LogP contribution in [-0.2, 0) is 0 Å². The van der Waals surface area contributed by atoms with Crippen LogP contribution < -0.4 is 16.0 Å². The lowest BCUT2D eigenvalue weighted by molar-refractivity contribution is 0.0929. The minimum Gasteiger partial charge on any atom is -0.350 e. The number of thiophene rings is 1. The predicted molar refractivity (Wildman–Crippen MR) is 120 cm³/mol. The number of carbonyl (C=O) groups excluding carboxylic acids is 3. The van der Waals surface area contributed by atoms with Crippen LogP contribution in [0.3, 0.4) is 0 Å². The molecule has 30 heavy (non-hydrogen) atoms. The second-order valence-corrected chi connectivity index (χ2v) is 7.94. The number of halogens is 2. The van der Waals surface area contributed by atoms with Crippen LogP contribution in [0.25, 0.3) is 0 Å². The summed E-state index contributed by atoms with van der Waals surface area (Å²) in [6.07, 6.45) is 0. The number of anilines is 1. The highest BCUT2D eigenvalue weighted by Gasteiger charge is 2.12. The molecular formula is C21H17Cl2N3O3S. The zero-order valence-electron chi connectivity index (χ0n) is 15.6. The third kappa shape index (κ3) is 5.82. The van der Waals surface area contributed by atoms with E-state index in [-0.39, 0.29) is 22.7 Å². The topological polar surface area (TPSA) is 87.3 Å². The fraction of sp³-hybridized carbons (Fsp3) is 0.0952. The molecule has 0 saturated heterocycles. The van der Waals surface area contributed by atoms with Gasteiger partial charge in [0.2, 0.25) is 0 Å². The van der Waals surface area contributed by atoms with Gasteiger partial charge in [-0.1, -0.05) is 29.3 Å². The first-order valence-corrected chi connectivity index (χ1v) is 10.5. The fourth-order valence-corrected chi connectivity index (χ4v) is 3.66. The van der Waals surface area contributed by atoms with E-state index in [0.717, 1.165) is 0 Å². The molecule has 0 saturated carbocycles. The van der Waals surface area contributed by atoms with E-state index in [4.69, 9.17) is 23.2 Å². The van der Waals surface area contributed by atoms with Crippen molar-refractivity contribution in [2.24, 2.45) is 0 Å². The zero-order chi connectivity index (χ0) is 21.5. The van der Waals surface area contributed by atoms with Crippen molar-refractivity contribution in [1.82, 2.24) is 10.6 Å². The first-order chi connectivity index (χ1) is 14.4. The molecular weight excluding hydrogens is 445 g/mol. The van der Waals surface area contributed by atoms with E-state index in [2.05, 4.69) is 16.0 Å². The second-order valence-electron chi connectivity index (χ2n) is 6.14. The Kier molecular flexibility index (Phi) is 7.46. The Labute approximate surface area is 187 Å². The standard InChI is InChI=1S/C21H17Cl2N3O3S/c22-14-5-8-16(17(23)12-14)20(28)26-15-6-3-13(4-7-15)19(27)24-9-10-25-21(29)18-2-1-11-30-18/h1-8,11-12H,9-10H2,(H,24,27)(H,25,29)(H,26,28). The third-order valence-electron chi connectivity index (χ3n) is 4.02. The van der Waals surface area contributed by atoms with E-state index >= 15 is 0 Å². The Morgan fingerprint density at radius 2 is 1.53 bits per heavy atom. The lowest BCUT2D eigenvalue weighted by Crippen LogP contribution is -2.34. The van der Waals surface area contributed by atoms with Gasteiger partial charge in [0.25, 0.3) is 17.7 Å². The van der Waals surface area contributed by atoms with Crippen LogP contribution in [0, 0.1) is 0 Å². The quantitative estimate of drug-likeness (QED) is 0.453. The van der Waals surface area contributed by atoms with Gasteiger partial charge < -0.3 is 16.0 Å². The molecule has 2 aromatic carbocycles. The summed E-state index contributed by atoms with van der Waals surface area (Å²) >= 11 is 13.2. The molecule has 0 fully saturated rings. The highest BCUT2D eigenvalue weighted by atomic mass is 35.5. The van der Waals surface area contributed by atoms with Crippen LogP contribution in [0.15, 0.2) is 60.0 Å². The van der Waals surface area contributed by atoms with Gasteiger partial charge in [-0.2, -0.15) is 0 Å². The van der Waals surface area contributed by atoms with Gasteiger partial charge in [0.1, 0.15) is 0 Å². The first kappa shape index (κ1) is 21.8. The molecule has 3 N–H and O–H groups in total. The monoisotopic (exact) mass is 461 g/mol. The Bertz CT molecular complexity index is 1050. The SMILES string of the molecule is O=C(NCCNC(=O)c1cccs1)c1ccc(NC(=O)c2ccc(Cl)cc2Cl)cc1. The number of benzene rings is 2. The molecule has 0 radical (unpaired) electrons. The summed E-state index contributed by atoms with van der Waals surface area (Å²) in [5.41, 5.74) is 1.25. The van der Waals surface area contributed by atoms with E-state index in [1.165, 1.54) is 17.4 Å². The summed E-state index contributed by atoms with van der Waals surface area (Å²) in [6, 6.07) is 14.6. The predicted octanol–water partition coefficient (Wildman–Crippen LogP) is 4.47. The summed E-state index contributed by atoms with van der Waals surface area (Å²) in [7, 11) is 0. The van der Waals surface area contributed by atoms with Gasteiger partial charge in [-0.15, -0.1) is 11.3 Å². The third-order valence-corrected chi connectivity index (χ3v) is 5.44. The summed E-state index contributed by atoms with van der Waals surface area (Å²) in [6.45, 7) is 0.613. The fourth-order valence-electron chi connectivity index (χ4n) is 2.53.